The van der Waals surface area contributed by atoms with Gasteiger partial charge in [0.15, 0.2) is 0 Å². The predicted molar refractivity (Wildman–Crippen MR) is 92.5 cm³/mol. The second-order valence-electron chi connectivity index (χ2n) is 7.24. The molecule has 1 amide bonds. The zero-order chi connectivity index (χ0) is 17.2. The maximum atomic E-state index is 13.1. The van der Waals surface area contributed by atoms with E-state index in [4.69, 9.17) is 4.74 Å². The number of morpholine rings is 1. The zero-order valence-electron chi connectivity index (χ0n) is 14.5. The van der Waals surface area contributed by atoms with Crippen LogP contribution in [0.4, 0.5) is 5.95 Å². The molecule has 3 atom stereocenters. The monoisotopic (exact) mass is 346 g/mol. The molecule has 7 heteroatoms. The van der Waals surface area contributed by atoms with Gasteiger partial charge in [-0.1, -0.05) is 6.42 Å². The summed E-state index contributed by atoms with van der Waals surface area (Å²) in [5.74, 6) is 0.674. The Labute approximate surface area is 148 Å². The summed E-state index contributed by atoms with van der Waals surface area (Å²) in [6.45, 7) is 3.49. The van der Waals surface area contributed by atoms with E-state index in [1.807, 2.05) is 4.90 Å². The molecule has 1 aromatic rings. The highest BCUT2D eigenvalue weighted by atomic mass is 16.5. The van der Waals surface area contributed by atoms with Crippen LogP contribution in [-0.2, 0) is 4.74 Å². The van der Waals surface area contributed by atoms with Gasteiger partial charge in [0.05, 0.1) is 25.4 Å². The molecule has 0 bridgehead atoms. The molecule has 0 radical (unpaired) electrons. The molecule has 136 valence electrons. The van der Waals surface area contributed by atoms with Gasteiger partial charge in [0, 0.05) is 31.7 Å². The van der Waals surface area contributed by atoms with E-state index in [1.165, 1.54) is 0 Å². The van der Waals surface area contributed by atoms with Crippen molar-refractivity contribution in [1.29, 1.82) is 0 Å². The van der Waals surface area contributed by atoms with Gasteiger partial charge in [-0.05, 0) is 31.7 Å². The van der Waals surface area contributed by atoms with Crippen molar-refractivity contribution in [3.05, 3.63) is 18.0 Å². The van der Waals surface area contributed by atoms with E-state index >= 15 is 0 Å². The number of rotatable bonds is 3. The number of aliphatic hydroxyl groups excluding tert-OH is 1. The third-order valence-electron chi connectivity index (χ3n) is 5.70. The quantitative estimate of drug-likeness (QED) is 0.882. The second kappa shape index (κ2) is 7.25. The summed E-state index contributed by atoms with van der Waals surface area (Å²) >= 11 is 0. The number of aliphatic hydroxyl groups is 1. The van der Waals surface area contributed by atoms with E-state index in [0.717, 1.165) is 45.2 Å². The summed E-state index contributed by atoms with van der Waals surface area (Å²) < 4.78 is 5.62. The van der Waals surface area contributed by atoms with Crippen LogP contribution in [-0.4, -0.2) is 70.9 Å². The number of carbonyl (C=O) groups is 1. The Bertz CT molecular complexity index is 620. The molecule has 0 aromatic carbocycles. The fraction of sp³-hybridized carbons (Fsp3) is 0.722. The fourth-order valence-electron chi connectivity index (χ4n) is 4.33. The lowest BCUT2D eigenvalue weighted by molar-refractivity contribution is -0.0385. The molecule has 4 rings (SSSR count). The minimum Gasteiger partial charge on any atom is -0.393 e. The molecular weight excluding hydrogens is 320 g/mol. The van der Waals surface area contributed by atoms with Crippen molar-refractivity contribution in [2.24, 2.45) is 5.92 Å². The zero-order valence-corrected chi connectivity index (χ0v) is 14.5. The van der Waals surface area contributed by atoms with Gasteiger partial charge in [0.25, 0.3) is 5.91 Å². The molecule has 1 aromatic heterocycles. The van der Waals surface area contributed by atoms with Crippen LogP contribution >= 0.6 is 0 Å². The standard InChI is InChI=1S/C18H26N4O3/c23-16-5-3-4-13(16)15-12-25-11-10-22(15)17(24)14-6-7-19-18(20-14)21-8-1-2-9-21/h6-7,13,15-16,23H,1-5,8-12H2/t13-,15-,16+/m1/s1. The molecule has 1 N–H and O–H groups in total. The lowest BCUT2D eigenvalue weighted by Crippen LogP contribution is -2.53. The normalized spacial score (nSPS) is 30.0. The Morgan fingerprint density at radius 3 is 2.80 bits per heavy atom. The molecular formula is C18H26N4O3. The Hall–Kier alpha value is -1.73. The number of amides is 1. The first-order valence-electron chi connectivity index (χ1n) is 9.39. The average molecular weight is 346 g/mol. The SMILES string of the molecule is O=C(c1ccnc(N2CCCC2)n1)N1CCOC[C@@H]1[C@H]1CCC[C@@H]1O. The third kappa shape index (κ3) is 3.35. The number of anilines is 1. The summed E-state index contributed by atoms with van der Waals surface area (Å²) in [5.41, 5.74) is 0.441. The molecule has 3 heterocycles. The van der Waals surface area contributed by atoms with E-state index < -0.39 is 0 Å². The Morgan fingerprint density at radius 1 is 1.20 bits per heavy atom. The van der Waals surface area contributed by atoms with Crippen LogP contribution in [0.2, 0.25) is 0 Å². The van der Waals surface area contributed by atoms with E-state index in [-0.39, 0.29) is 24.0 Å². The van der Waals surface area contributed by atoms with E-state index in [1.54, 1.807) is 12.3 Å². The molecule has 1 aliphatic carbocycles. The largest absolute Gasteiger partial charge is 0.393 e. The Balaban J connectivity index is 1.54. The first-order chi connectivity index (χ1) is 12.2. The van der Waals surface area contributed by atoms with Gasteiger partial charge in [-0.2, -0.15) is 0 Å². The third-order valence-corrected chi connectivity index (χ3v) is 5.70. The predicted octanol–water partition coefficient (Wildman–Crippen LogP) is 1.08. The Kier molecular flexibility index (Phi) is 4.85. The maximum Gasteiger partial charge on any atom is 0.273 e. The average Bonchev–Trinajstić information content (AvgIpc) is 3.33. The fourth-order valence-corrected chi connectivity index (χ4v) is 4.33. The molecule has 7 nitrogen and oxygen atoms in total. The topological polar surface area (TPSA) is 78.8 Å². The summed E-state index contributed by atoms with van der Waals surface area (Å²) in [4.78, 5) is 26.0. The molecule has 3 aliphatic rings. The number of carbonyl (C=O) groups excluding carboxylic acids is 1. The molecule has 2 aliphatic heterocycles. The molecule has 0 unspecified atom stereocenters. The van der Waals surface area contributed by atoms with Crippen molar-refractivity contribution in [3.8, 4) is 0 Å². The number of aromatic nitrogens is 2. The second-order valence-corrected chi connectivity index (χ2v) is 7.24. The lowest BCUT2D eigenvalue weighted by Gasteiger charge is -2.39. The maximum absolute atomic E-state index is 13.1. The van der Waals surface area contributed by atoms with Gasteiger partial charge in [-0.15, -0.1) is 0 Å². The van der Waals surface area contributed by atoms with Gasteiger partial charge < -0.3 is 19.6 Å². The van der Waals surface area contributed by atoms with Crippen molar-refractivity contribution in [2.45, 2.75) is 44.2 Å². The van der Waals surface area contributed by atoms with Crippen molar-refractivity contribution >= 4 is 11.9 Å². The number of hydrogen-bond donors (Lipinski definition) is 1. The first-order valence-corrected chi connectivity index (χ1v) is 9.39. The molecule has 1 saturated carbocycles. The van der Waals surface area contributed by atoms with Gasteiger partial charge in [0.2, 0.25) is 5.95 Å². The number of hydrogen-bond acceptors (Lipinski definition) is 6. The number of nitrogens with zero attached hydrogens (tertiary/aromatic N) is 4. The highest BCUT2D eigenvalue weighted by Gasteiger charge is 2.40. The smallest absolute Gasteiger partial charge is 0.273 e. The van der Waals surface area contributed by atoms with Crippen molar-refractivity contribution in [1.82, 2.24) is 14.9 Å². The lowest BCUT2D eigenvalue weighted by atomic mass is 9.94. The summed E-state index contributed by atoms with van der Waals surface area (Å²) in [6, 6.07) is 1.63. The summed E-state index contributed by atoms with van der Waals surface area (Å²) in [7, 11) is 0. The van der Waals surface area contributed by atoms with Crippen LogP contribution in [0.5, 0.6) is 0 Å². The van der Waals surface area contributed by atoms with Gasteiger partial charge in [-0.3, -0.25) is 4.79 Å². The molecule has 25 heavy (non-hydrogen) atoms. The van der Waals surface area contributed by atoms with Crippen molar-refractivity contribution in [3.63, 3.8) is 0 Å². The molecule has 0 spiro atoms. The van der Waals surface area contributed by atoms with Crippen LogP contribution in [0.25, 0.3) is 0 Å². The minimum atomic E-state index is -0.340. The highest BCUT2D eigenvalue weighted by Crippen LogP contribution is 2.32. The van der Waals surface area contributed by atoms with Crippen LogP contribution in [0.1, 0.15) is 42.6 Å². The highest BCUT2D eigenvalue weighted by molar-refractivity contribution is 5.92. The van der Waals surface area contributed by atoms with Gasteiger partial charge in [0.1, 0.15) is 5.69 Å². The van der Waals surface area contributed by atoms with E-state index in [9.17, 15) is 9.90 Å². The van der Waals surface area contributed by atoms with E-state index in [2.05, 4.69) is 14.9 Å². The first kappa shape index (κ1) is 16.7. The molecule has 3 fully saturated rings. The van der Waals surface area contributed by atoms with Crippen molar-refractivity contribution in [2.75, 3.05) is 37.7 Å². The van der Waals surface area contributed by atoms with Crippen LogP contribution in [0.3, 0.4) is 0 Å². The number of ether oxygens (including phenoxy) is 1. The molecule has 2 saturated heterocycles. The van der Waals surface area contributed by atoms with Crippen LogP contribution < -0.4 is 4.90 Å². The minimum absolute atomic E-state index is 0.0658. The van der Waals surface area contributed by atoms with Crippen LogP contribution in [0, 0.1) is 5.92 Å². The van der Waals surface area contributed by atoms with Crippen LogP contribution in [0.15, 0.2) is 12.3 Å². The Morgan fingerprint density at radius 2 is 2.04 bits per heavy atom. The summed E-state index contributed by atoms with van der Waals surface area (Å²) in [5, 5.41) is 10.3. The van der Waals surface area contributed by atoms with Gasteiger partial charge >= 0.3 is 0 Å². The van der Waals surface area contributed by atoms with Gasteiger partial charge in [-0.25, -0.2) is 9.97 Å². The summed E-state index contributed by atoms with van der Waals surface area (Å²) in [6.07, 6.45) is 6.40. The van der Waals surface area contributed by atoms with E-state index in [0.29, 0.717) is 31.4 Å². The van der Waals surface area contributed by atoms with Crippen molar-refractivity contribution < 1.29 is 14.6 Å².